The van der Waals surface area contributed by atoms with E-state index in [0.29, 0.717) is 22.7 Å². The van der Waals surface area contributed by atoms with Gasteiger partial charge in [0, 0.05) is 12.2 Å². The van der Waals surface area contributed by atoms with Gasteiger partial charge in [-0.2, -0.15) is 0 Å². The van der Waals surface area contributed by atoms with Gasteiger partial charge in [-0.3, -0.25) is 0 Å². The largest absolute Gasteiger partial charge is 0.398 e. The second-order valence-corrected chi connectivity index (χ2v) is 6.17. The molecule has 0 amide bonds. The van der Waals surface area contributed by atoms with E-state index in [4.69, 9.17) is 5.73 Å². The summed E-state index contributed by atoms with van der Waals surface area (Å²) < 4.78 is 24.1. The highest BCUT2D eigenvalue weighted by Crippen LogP contribution is 2.21. The number of anilines is 1. The first-order valence-corrected chi connectivity index (χ1v) is 6.72. The first kappa shape index (κ1) is 13.0. The molecule has 1 aromatic rings. The van der Waals surface area contributed by atoms with E-state index in [-0.39, 0.29) is 5.75 Å². The quantitative estimate of drug-likeness (QED) is 0.797. The first-order chi connectivity index (χ1) is 7.34. The van der Waals surface area contributed by atoms with E-state index in [1.165, 1.54) is 0 Å². The lowest BCUT2D eigenvalue weighted by atomic mass is 10.2. The van der Waals surface area contributed by atoms with E-state index < -0.39 is 9.84 Å². The van der Waals surface area contributed by atoms with E-state index in [1.54, 1.807) is 25.1 Å². The summed E-state index contributed by atoms with van der Waals surface area (Å²) in [6.45, 7) is 2.24. The average molecular weight is 242 g/mol. The minimum Gasteiger partial charge on any atom is -0.398 e. The lowest BCUT2D eigenvalue weighted by Crippen LogP contribution is -2.22. The third-order valence-electron chi connectivity index (χ3n) is 2.47. The van der Waals surface area contributed by atoms with Crippen LogP contribution in [0.4, 0.5) is 5.69 Å². The standard InChI is InChI=1S/C11H18N2O2S/c1-9-10(12)5-4-6-11(9)16(14,15)8-7-13(2)3/h4-6H,7-8,12H2,1-3H3. The van der Waals surface area contributed by atoms with Crippen molar-refractivity contribution >= 4 is 15.5 Å². The zero-order chi connectivity index (χ0) is 12.3. The Hall–Kier alpha value is -1.07. The second kappa shape index (κ2) is 4.84. The zero-order valence-corrected chi connectivity index (χ0v) is 10.7. The first-order valence-electron chi connectivity index (χ1n) is 5.07. The Morgan fingerprint density at radius 3 is 2.50 bits per heavy atom. The van der Waals surface area contributed by atoms with Crippen molar-refractivity contribution in [3.05, 3.63) is 23.8 Å². The number of rotatable bonds is 4. The molecule has 0 aliphatic heterocycles. The Labute approximate surface area is 97.0 Å². The Kier molecular flexibility index (Phi) is 3.93. The number of sulfone groups is 1. The highest BCUT2D eigenvalue weighted by molar-refractivity contribution is 7.91. The van der Waals surface area contributed by atoms with Crippen LogP contribution in [0.15, 0.2) is 23.1 Å². The lowest BCUT2D eigenvalue weighted by Gasteiger charge is -2.12. The van der Waals surface area contributed by atoms with Crippen LogP contribution in [0.1, 0.15) is 5.56 Å². The molecule has 0 aliphatic rings. The molecule has 0 aromatic heterocycles. The van der Waals surface area contributed by atoms with Crippen molar-refractivity contribution in [2.45, 2.75) is 11.8 Å². The number of hydrogen-bond acceptors (Lipinski definition) is 4. The van der Waals surface area contributed by atoms with Crippen LogP contribution >= 0.6 is 0 Å². The summed E-state index contributed by atoms with van der Waals surface area (Å²) in [6, 6.07) is 4.99. The Morgan fingerprint density at radius 1 is 1.31 bits per heavy atom. The molecule has 0 fully saturated rings. The molecule has 90 valence electrons. The lowest BCUT2D eigenvalue weighted by molar-refractivity contribution is 0.432. The smallest absolute Gasteiger partial charge is 0.179 e. The van der Waals surface area contributed by atoms with E-state index in [2.05, 4.69) is 0 Å². The van der Waals surface area contributed by atoms with Crippen LogP contribution < -0.4 is 5.73 Å². The van der Waals surface area contributed by atoms with Gasteiger partial charge in [0.05, 0.1) is 10.6 Å². The third kappa shape index (κ3) is 2.96. The number of benzene rings is 1. The van der Waals surface area contributed by atoms with Crippen molar-refractivity contribution in [1.29, 1.82) is 0 Å². The molecule has 0 unspecified atom stereocenters. The molecule has 0 saturated carbocycles. The van der Waals surface area contributed by atoms with Crippen LogP contribution in [0, 0.1) is 6.92 Å². The molecule has 1 aromatic carbocycles. The Morgan fingerprint density at radius 2 is 1.94 bits per heavy atom. The number of nitrogens with two attached hydrogens (primary N) is 1. The summed E-state index contributed by atoms with van der Waals surface area (Å²) in [5, 5.41) is 0. The van der Waals surface area contributed by atoms with Gasteiger partial charge in [0.25, 0.3) is 0 Å². The minimum absolute atomic E-state index is 0.115. The molecule has 1 rings (SSSR count). The summed E-state index contributed by atoms with van der Waals surface area (Å²) in [7, 11) is 0.468. The van der Waals surface area contributed by atoms with Crippen LogP contribution in [0.5, 0.6) is 0 Å². The molecule has 2 N–H and O–H groups in total. The van der Waals surface area contributed by atoms with Gasteiger partial charge in [0.15, 0.2) is 9.84 Å². The summed E-state index contributed by atoms with van der Waals surface area (Å²) in [4.78, 5) is 2.19. The van der Waals surface area contributed by atoms with Gasteiger partial charge in [-0.1, -0.05) is 6.07 Å². The maximum absolute atomic E-state index is 12.0. The minimum atomic E-state index is -3.23. The molecule has 5 heteroatoms. The highest BCUT2D eigenvalue weighted by atomic mass is 32.2. The van der Waals surface area contributed by atoms with E-state index >= 15 is 0 Å². The topological polar surface area (TPSA) is 63.4 Å². The predicted molar refractivity (Wildman–Crippen MR) is 66.2 cm³/mol. The fourth-order valence-electron chi connectivity index (χ4n) is 1.38. The fourth-order valence-corrected chi connectivity index (χ4v) is 3.08. The van der Waals surface area contributed by atoms with Gasteiger partial charge in [-0.15, -0.1) is 0 Å². The molecule has 0 saturated heterocycles. The predicted octanol–water partition coefficient (Wildman–Crippen LogP) is 0.913. The molecule has 0 heterocycles. The van der Waals surface area contributed by atoms with Gasteiger partial charge in [-0.25, -0.2) is 8.42 Å². The molecular formula is C11H18N2O2S. The van der Waals surface area contributed by atoms with Crippen molar-refractivity contribution in [3.63, 3.8) is 0 Å². The molecule has 0 radical (unpaired) electrons. The molecule has 0 spiro atoms. The maximum atomic E-state index is 12.0. The van der Waals surface area contributed by atoms with E-state index in [9.17, 15) is 8.42 Å². The molecule has 0 atom stereocenters. The van der Waals surface area contributed by atoms with Gasteiger partial charge in [0.1, 0.15) is 0 Å². The maximum Gasteiger partial charge on any atom is 0.179 e. The molecule has 16 heavy (non-hydrogen) atoms. The molecule has 0 bridgehead atoms. The summed E-state index contributed by atoms with van der Waals surface area (Å²) in [5.74, 6) is 0.115. The molecule has 4 nitrogen and oxygen atoms in total. The van der Waals surface area contributed by atoms with Crippen molar-refractivity contribution in [2.24, 2.45) is 0 Å². The SMILES string of the molecule is Cc1c(N)cccc1S(=O)(=O)CCN(C)C. The summed E-state index contributed by atoms with van der Waals surface area (Å²) >= 11 is 0. The van der Waals surface area contributed by atoms with Gasteiger partial charge >= 0.3 is 0 Å². The van der Waals surface area contributed by atoms with Crippen LogP contribution in [-0.2, 0) is 9.84 Å². The second-order valence-electron chi connectivity index (χ2n) is 4.09. The third-order valence-corrected chi connectivity index (χ3v) is 4.30. The normalized spacial score (nSPS) is 12.0. The number of hydrogen-bond donors (Lipinski definition) is 1. The Balaban J connectivity index is 3.03. The molecule has 0 aliphatic carbocycles. The van der Waals surface area contributed by atoms with E-state index in [0.717, 1.165) is 0 Å². The number of nitrogens with zero attached hydrogens (tertiary/aromatic N) is 1. The summed E-state index contributed by atoms with van der Waals surface area (Å²) in [5.41, 5.74) is 6.86. The zero-order valence-electron chi connectivity index (χ0n) is 9.90. The number of nitrogen functional groups attached to an aromatic ring is 1. The van der Waals surface area contributed by atoms with Crippen LogP contribution in [-0.4, -0.2) is 39.7 Å². The van der Waals surface area contributed by atoms with Crippen LogP contribution in [0.2, 0.25) is 0 Å². The highest BCUT2D eigenvalue weighted by Gasteiger charge is 2.17. The Bertz CT molecular complexity index is 467. The summed E-state index contributed by atoms with van der Waals surface area (Å²) in [6.07, 6.45) is 0. The van der Waals surface area contributed by atoms with Crippen molar-refractivity contribution in [1.82, 2.24) is 4.90 Å². The van der Waals surface area contributed by atoms with E-state index in [1.807, 2.05) is 19.0 Å². The average Bonchev–Trinajstić information content (AvgIpc) is 2.19. The van der Waals surface area contributed by atoms with Crippen molar-refractivity contribution < 1.29 is 8.42 Å². The van der Waals surface area contributed by atoms with Crippen LogP contribution in [0.25, 0.3) is 0 Å². The fraction of sp³-hybridized carbons (Fsp3) is 0.455. The monoisotopic (exact) mass is 242 g/mol. The van der Waals surface area contributed by atoms with Gasteiger partial charge in [-0.05, 0) is 38.7 Å². The van der Waals surface area contributed by atoms with Gasteiger partial charge < -0.3 is 10.6 Å². The molecular weight excluding hydrogens is 224 g/mol. The van der Waals surface area contributed by atoms with Crippen LogP contribution in [0.3, 0.4) is 0 Å². The van der Waals surface area contributed by atoms with Crippen molar-refractivity contribution in [2.75, 3.05) is 32.1 Å². The van der Waals surface area contributed by atoms with Gasteiger partial charge in [0.2, 0.25) is 0 Å². The van der Waals surface area contributed by atoms with Crippen molar-refractivity contribution in [3.8, 4) is 0 Å².